The number of thiophene rings is 1. The molecule has 0 fully saturated rings. The summed E-state index contributed by atoms with van der Waals surface area (Å²) >= 11 is 1.52. The van der Waals surface area contributed by atoms with Crippen LogP contribution < -0.4 is 5.56 Å². The van der Waals surface area contributed by atoms with E-state index in [9.17, 15) is 9.59 Å². The average Bonchev–Trinajstić information content (AvgIpc) is 2.82. The lowest BCUT2D eigenvalue weighted by Crippen LogP contribution is -2.45. The zero-order valence-corrected chi connectivity index (χ0v) is 13.8. The van der Waals surface area contributed by atoms with Gasteiger partial charge in [0.25, 0.3) is 5.56 Å². The Bertz CT molecular complexity index is 743. The van der Waals surface area contributed by atoms with Crippen LogP contribution in [-0.4, -0.2) is 22.1 Å². The lowest BCUT2D eigenvalue weighted by atomic mass is 10.1. The normalized spacial score (nSPS) is 11.9. The number of carbonyl (C=O) groups is 1. The van der Waals surface area contributed by atoms with Crippen LogP contribution in [0, 0.1) is 6.92 Å². The van der Waals surface area contributed by atoms with Crippen molar-refractivity contribution in [2.75, 3.05) is 6.61 Å². The minimum absolute atomic E-state index is 0.188. The van der Waals surface area contributed by atoms with Gasteiger partial charge in [-0.15, -0.1) is 11.3 Å². The Morgan fingerprint density at radius 2 is 2.10 bits per heavy atom. The number of ether oxygens (including phenoxy) is 1. The molecule has 0 saturated carbocycles. The molecule has 6 heteroatoms. The quantitative estimate of drug-likeness (QED) is 0.815. The maximum atomic E-state index is 12.8. The molecule has 0 atom stereocenters. The number of fused-ring (bicyclic) bond motifs is 1. The van der Waals surface area contributed by atoms with Crippen molar-refractivity contribution in [1.29, 1.82) is 0 Å². The van der Waals surface area contributed by atoms with E-state index in [0.29, 0.717) is 11.2 Å². The van der Waals surface area contributed by atoms with Gasteiger partial charge in [-0.2, -0.15) is 0 Å². The zero-order valence-electron chi connectivity index (χ0n) is 13.0. The molecule has 0 amide bonds. The predicted octanol–water partition coefficient (Wildman–Crippen LogP) is 2.63. The van der Waals surface area contributed by atoms with Crippen LogP contribution >= 0.6 is 11.3 Å². The maximum absolute atomic E-state index is 12.8. The number of carbonyl (C=O) groups excluding carboxylic acids is 1. The molecule has 0 aliphatic rings. The molecule has 5 nitrogen and oxygen atoms in total. The van der Waals surface area contributed by atoms with Crippen LogP contribution in [0.4, 0.5) is 0 Å². The predicted molar refractivity (Wildman–Crippen MR) is 84.0 cm³/mol. The second-order valence-corrected chi connectivity index (χ2v) is 6.48. The van der Waals surface area contributed by atoms with E-state index in [1.807, 2.05) is 13.0 Å². The highest BCUT2D eigenvalue weighted by Gasteiger charge is 2.34. The molecule has 0 saturated heterocycles. The van der Waals surface area contributed by atoms with Gasteiger partial charge in [-0.3, -0.25) is 9.36 Å². The Morgan fingerprint density at radius 3 is 2.67 bits per heavy atom. The Kier molecular flexibility index (Phi) is 4.18. The zero-order chi connectivity index (χ0) is 15.8. The molecular weight excluding hydrogens is 288 g/mol. The number of esters is 1. The molecule has 0 unspecified atom stereocenters. The lowest BCUT2D eigenvalue weighted by molar-refractivity contribution is -0.152. The van der Waals surface area contributed by atoms with Crippen LogP contribution in [0.5, 0.6) is 0 Å². The van der Waals surface area contributed by atoms with Crippen LogP contribution in [0.3, 0.4) is 0 Å². The van der Waals surface area contributed by atoms with E-state index >= 15 is 0 Å². The van der Waals surface area contributed by atoms with E-state index in [1.54, 1.807) is 27.7 Å². The fourth-order valence-electron chi connectivity index (χ4n) is 2.36. The molecule has 0 spiro atoms. The van der Waals surface area contributed by atoms with Gasteiger partial charge < -0.3 is 4.74 Å². The Balaban J connectivity index is 2.69. The molecule has 2 aromatic rings. The van der Waals surface area contributed by atoms with Crippen LogP contribution in [0.1, 0.15) is 38.4 Å². The largest absolute Gasteiger partial charge is 0.464 e. The minimum atomic E-state index is -1.08. The summed E-state index contributed by atoms with van der Waals surface area (Å²) in [7, 11) is 0. The average molecular weight is 308 g/mol. The summed E-state index contributed by atoms with van der Waals surface area (Å²) in [5.74, 6) is 0.0948. The second-order valence-electron chi connectivity index (χ2n) is 5.36. The molecule has 2 rings (SSSR count). The van der Waals surface area contributed by atoms with Gasteiger partial charge >= 0.3 is 5.97 Å². The van der Waals surface area contributed by atoms with Crippen LogP contribution in [0.2, 0.25) is 0 Å². The Labute approximate surface area is 127 Å². The third-order valence-corrected chi connectivity index (χ3v) is 4.64. The van der Waals surface area contributed by atoms with E-state index in [2.05, 4.69) is 4.98 Å². The lowest BCUT2D eigenvalue weighted by Gasteiger charge is -2.26. The first-order chi connectivity index (χ1) is 9.82. The molecular formula is C15H20N2O3S. The second kappa shape index (κ2) is 5.60. The van der Waals surface area contributed by atoms with Gasteiger partial charge in [0.05, 0.1) is 12.0 Å². The van der Waals surface area contributed by atoms with Gasteiger partial charge in [0.2, 0.25) is 0 Å². The van der Waals surface area contributed by atoms with E-state index in [1.165, 1.54) is 15.9 Å². The van der Waals surface area contributed by atoms with E-state index in [0.717, 1.165) is 16.1 Å². The molecule has 0 aliphatic carbocycles. The van der Waals surface area contributed by atoms with E-state index in [4.69, 9.17) is 4.74 Å². The van der Waals surface area contributed by atoms with Crippen molar-refractivity contribution in [1.82, 2.24) is 9.55 Å². The van der Waals surface area contributed by atoms with E-state index in [-0.39, 0.29) is 12.2 Å². The minimum Gasteiger partial charge on any atom is -0.464 e. The van der Waals surface area contributed by atoms with Crippen molar-refractivity contribution in [3.63, 3.8) is 0 Å². The third-order valence-electron chi connectivity index (χ3n) is 3.47. The topological polar surface area (TPSA) is 61.2 Å². The number of aromatic nitrogens is 2. The maximum Gasteiger partial charge on any atom is 0.331 e. The summed E-state index contributed by atoms with van der Waals surface area (Å²) in [6.45, 7) is 9.17. The van der Waals surface area contributed by atoms with Crippen molar-refractivity contribution in [2.45, 2.75) is 46.6 Å². The van der Waals surface area contributed by atoms with E-state index < -0.39 is 11.5 Å². The summed E-state index contributed by atoms with van der Waals surface area (Å²) in [5.41, 5.74) is -1.27. The summed E-state index contributed by atoms with van der Waals surface area (Å²) in [4.78, 5) is 31.2. The third kappa shape index (κ3) is 2.60. The van der Waals surface area contributed by atoms with Crippen molar-refractivity contribution >= 4 is 27.5 Å². The van der Waals surface area contributed by atoms with Crippen molar-refractivity contribution < 1.29 is 9.53 Å². The molecule has 2 aromatic heterocycles. The molecule has 21 heavy (non-hydrogen) atoms. The first-order valence-electron chi connectivity index (χ1n) is 7.02. The van der Waals surface area contributed by atoms with Crippen LogP contribution in [0.15, 0.2) is 10.9 Å². The smallest absolute Gasteiger partial charge is 0.331 e. The molecule has 0 bridgehead atoms. The molecule has 114 valence electrons. The number of rotatable bonds is 4. The number of nitrogens with zero attached hydrogens (tertiary/aromatic N) is 2. The fraction of sp³-hybridized carbons (Fsp3) is 0.533. The van der Waals surface area contributed by atoms with Crippen molar-refractivity contribution in [3.8, 4) is 0 Å². The molecule has 0 N–H and O–H groups in total. The van der Waals surface area contributed by atoms with Crippen molar-refractivity contribution in [2.24, 2.45) is 0 Å². The summed E-state index contributed by atoms with van der Waals surface area (Å²) < 4.78 is 6.52. The highest BCUT2D eigenvalue weighted by Crippen LogP contribution is 2.24. The summed E-state index contributed by atoms with van der Waals surface area (Å²) in [6.07, 6.45) is 0.862. The van der Waals surface area contributed by atoms with Gasteiger partial charge in [-0.05, 0) is 40.2 Å². The van der Waals surface area contributed by atoms with Crippen molar-refractivity contribution in [3.05, 3.63) is 27.1 Å². The summed E-state index contributed by atoms with van der Waals surface area (Å²) in [6, 6.07) is 1.87. The van der Waals surface area contributed by atoms with Crippen LogP contribution in [0.25, 0.3) is 10.2 Å². The molecule has 0 radical (unpaired) electrons. The molecule has 0 aliphatic heterocycles. The monoisotopic (exact) mass is 308 g/mol. The van der Waals surface area contributed by atoms with Gasteiger partial charge in [-0.1, -0.05) is 6.92 Å². The SMILES string of the molecule is CCOC(=O)C(C)(C)n1c(C)nc2sc(CC)cc2c1=O. The Morgan fingerprint density at radius 1 is 1.43 bits per heavy atom. The van der Waals surface area contributed by atoms with Crippen LogP contribution in [-0.2, 0) is 21.5 Å². The summed E-state index contributed by atoms with van der Waals surface area (Å²) in [5, 5.41) is 0.569. The molecule has 2 heterocycles. The fourth-order valence-corrected chi connectivity index (χ4v) is 3.37. The van der Waals surface area contributed by atoms with Gasteiger partial charge in [0.1, 0.15) is 16.2 Å². The number of aryl methyl sites for hydroxylation is 2. The van der Waals surface area contributed by atoms with Gasteiger partial charge in [0, 0.05) is 4.88 Å². The molecule has 0 aromatic carbocycles. The van der Waals surface area contributed by atoms with Gasteiger partial charge in [-0.25, -0.2) is 9.78 Å². The number of hydrogen-bond donors (Lipinski definition) is 0. The highest BCUT2D eigenvalue weighted by atomic mass is 32.1. The first kappa shape index (κ1) is 15.7. The number of hydrogen-bond acceptors (Lipinski definition) is 5. The highest BCUT2D eigenvalue weighted by molar-refractivity contribution is 7.18. The van der Waals surface area contributed by atoms with Gasteiger partial charge in [0.15, 0.2) is 0 Å². The Hall–Kier alpha value is -1.69. The standard InChI is InChI=1S/C15H20N2O3S/c1-6-10-8-11-12(21-10)16-9(3)17(13(11)18)15(4,5)14(19)20-7-2/h8H,6-7H2,1-5H3. The first-order valence-corrected chi connectivity index (χ1v) is 7.84.